The van der Waals surface area contributed by atoms with Crippen molar-refractivity contribution in [2.75, 3.05) is 0 Å². The molecule has 2 unspecified atom stereocenters. The molecule has 0 amide bonds. The number of hydrazine groups is 1. The van der Waals surface area contributed by atoms with Gasteiger partial charge in [0.2, 0.25) is 0 Å². The minimum Gasteiger partial charge on any atom is -0.481 e. The Balaban J connectivity index is 0.000000291. The van der Waals surface area contributed by atoms with E-state index in [-0.39, 0.29) is 24.1 Å². The lowest BCUT2D eigenvalue weighted by molar-refractivity contribution is -0.142. The number of nitrogens with two attached hydrogens (primary N) is 3. The third-order valence-corrected chi connectivity index (χ3v) is 4.69. The average molecular weight is 408 g/mol. The summed E-state index contributed by atoms with van der Waals surface area (Å²) in [6, 6.07) is 5.66. The molecule has 1 aliphatic carbocycles. The van der Waals surface area contributed by atoms with E-state index in [2.05, 4.69) is 11.2 Å². The molecule has 0 spiro atoms. The Morgan fingerprint density at radius 2 is 2.10 bits per heavy atom. The van der Waals surface area contributed by atoms with Crippen molar-refractivity contribution in [1.29, 1.82) is 0 Å². The Bertz CT molecular complexity index is 734. The molecule has 7 nitrogen and oxygen atoms in total. The first-order valence-corrected chi connectivity index (χ1v) is 9.85. The molecule has 162 valence electrons. The molecule has 1 aliphatic rings. The standard InChI is InChI=1S/C13H16FN.C8H18N4O2/c1-9-2-7-12(13(14)8-9)10-3-5-11(15)6-4-10;1-5(2)3-6(8(13)14)4-7(9)11-12-10/h2-3,7-8,11H,4-6,15H2,1H3;5-6,12H,3-4,10H2,1-2H3,(H2,9,11)(H,13,14). The van der Waals surface area contributed by atoms with Crippen molar-refractivity contribution in [3.63, 3.8) is 0 Å². The molecule has 8 heteroatoms. The zero-order chi connectivity index (χ0) is 22.0. The van der Waals surface area contributed by atoms with Crippen LogP contribution in [-0.4, -0.2) is 23.0 Å². The van der Waals surface area contributed by atoms with Crippen molar-refractivity contribution in [3.05, 3.63) is 41.2 Å². The second kappa shape index (κ2) is 12.2. The van der Waals surface area contributed by atoms with Crippen LogP contribution in [0.2, 0.25) is 0 Å². The number of hydrogen-bond acceptors (Lipinski definition) is 5. The van der Waals surface area contributed by atoms with Gasteiger partial charge in [0.15, 0.2) is 0 Å². The molecule has 0 saturated heterocycles. The van der Waals surface area contributed by atoms with Crippen LogP contribution in [0.25, 0.3) is 5.57 Å². The van der Waals surface area contributed by atoms with Crippen LogP contribution >= 0.6 is 0 Å². The molecule has 1 aromatic rings. The van der Waals surface area contributed by atoms with Crippen LogP contribution in [0.15, 0.2) is 29.4 Å². The lowest BCUT2D eigenvalue weighted by Crippen LogP contribution is -2.27. The summed E-state index contributed by atoms with van der Waals surface area (Å²) in [7, 11) is 0. The number of allylic oxidation sites excluding steroid dienone is 1. The topological polar surface area (TPSA) is 140 Å². The number of carbonyl (C=O) groups is 1. The van der Waals surface area contributed by atoms with Gasteiger partial charge in [-0.25, -0.2) is 15.8 Å². The summed E-state index contributed by atoms with van der Waals surface area (Å²) in [5, 5.41) is 12.4. The average Bonchev–Trinajstić information content (AvgIpc) is 2.62. The highest BCUT2D eigenvalue weighted by Crippen LogP contribution is 2.28. The van der Waals surface area contributed by atoms with Crippen molar-refractivity contribution in [2.45, 2.75) is 58.9 Å². The van der Waals surface area contributed by atoms with Crippen LogP contribution in [-0.2, 0) is 4.79 Å². The van der Waals surface area contributed by atoms with Crippen molar-refractivity contribution in [2.24, 2.45) is 34.2 Å². The summed E-state index contributed by atoms with van der Waals surface area (Å²) in [5.41, 5.74) is 16.1. The summed E-state index contributed by atoms with van der Waals surface area (Å²) in [4.78, 5) is 10.8. The number of rotatable bonds is 7. The molecular weight excluding hydrogens is 373 g/mol. The Hall–Kier alpha value is -2.45. The number of aliphatic carboxylic acids is 1. The van der Waals surface area contributed by atoms with Crippen molar-refractivity contribution >= 4 is 17.4 Å². The number of carboxylic acid groups (broad SMARTS) is 1. The van der Waals surface area contributed by atoms with E-state index in [0.29, 0.717) is 12.3 Å². The quantitative estimate of drug-likeness (QED) is 0.204. The van der Waals surface area contributed by atoms with Crippen LogP contribution in [0.4, 0.5) is 4.39 Å². The Morgan fingerprint density at radius 3 is 2.59 bits per heavy atom. The molecule has 0 fully saturated rings. The number of hydrazone groups is 1. The molecule has 0 saturated carbocycles. The van der Waals surface area contributed by atoms with Gasteiger partial charge < -0.3 is 16.6 Å². The molecule has 0 heterocycles. The van der Waals surface area contributed by atoms with Crippen LogP contribution in [0, 0.1) is 24.6 Å². The maximum atomic E-state index is 13.7. The molecule has 0 bridgehead atoms. The number of aryl methyl sites for hydroxylation is 1. The molecule has 2 rings (SSSR count). The van der Waals surface area contributed by atoms with Crippen molar-refractivity contribution in [1.82, 2.24) is 5.53 Å². The van der Waals surface area contributed by atoms with Gasteiger partial charge in [0.05, 0.1) is 5.92 Å². The molecule has 0 radical (unpaired) electrons. The van der Waals surface area contributed by atoms with Gasteiger partial charge in [-0.15, -0.1) is 0 Å². The third-order valence-electron chi connectivity index (χ3n) is 4.69. The van der Waals surface area contributed by atoms with E-state index >= 15 is 0 Å². The van der Waals surface area contributed by atoms with Crippen LogP contribution < -0.4 is 22.8 Å². The number of nitrogens with one attached hydrogen (secondary N) is 1. The molecule has 2 atom stereocenters. The Kier molecular flexibility index (Phi) is 10.3. The SMILES string of the molecule is CC(C)CC(C/C(N)=N/NN)C(=O)O.Cc1ccc(C2=CCC(N)CC2)c(F)c1. The summed E-state index contributed by atoms with van der Waals surface area (Å²) >= 11 is 0. The molecule has 8 N–H and O–H groups in total. The zero-order valence-corrected chi connectivity index (χ0v) is 17.5. The summed E-state index contributed by atoms with van der Waals surface area (Å²) < 4.78 is 13.7. The molecule has 29 heavy (non-hydrogen) atoms. The summed E-state index contributed by atoms with van der Waals surface area (Å²) in [5.74, 6) is 3.98. The van der Waals surface area contributed by atoms with Gasteiger partial charge in [0, 0.05) is 18.0 Å². The molecule has 0 aromatic heterocycles. The first-order chi connectivity index (χ1) is 13.6. The lowest BCUT2D eigenvalue weighted by atomic mass is 9.90. The summed E-state index contributed by atoms with van der Waals surface area (Å²) in [6.07, 6.45) is 5.58. The number of halogens is 1. The van der Waals surface area contributed by atoms with Gasteiger partial charge >= 0.3 is 5.97 Å². The fourth-order valence-corrected chi connectivity index (χ4v) is 3.20. The van der Waals surface area contributed by atoms with Gasteiger partial charge in [-0.3, -0.25) is 4.79 Å². The first kappa shape index (κ1) is 24.6. The number of amidine groups is 1. The minimum atomic E-state index is -0.853. The van der Waals surface area contributed by atoms with Crippen molar-refractivity contribution < 1.29 is 14.3 Å². The van der Waals surface area contributed by atoms with E-state index < -0.39 is 11.9 Å². The molecule has 1 aromatic carbocycles. The monoisotopic (exact) mass is 407 g/mol. The van der Waals surface area contributed by atoms with Crippen LogP contribution in [0.1, 0.15) is 57.1 Å². The van der Waals surface area contributed by atoms with Gasteiger partial charge in [-0.2, -0.15) is 5.10 Å². The number of nitrogens with zero attached hydrogens (tertiary/aromatic N) is 1. The zero-order valence-electron chi connectivity index (χ0n) is 17.5. The van der Waals surface area contributed by atoms with E-state index in [9.17, 15) is 9.18 Å². The highest BCUT2D eigenvalue weighted by Gasteiger charge is 2.20. The van der Waals surface area contributed by atoms with Gasteiger partial charge in [0.25, 0.3) is 0 Å². The fourth-order valence-electron chi connectivity index (χ4n) is 3.20. The minimum absolute atomic E-state index is 0.114. The first-order valence-electron chi connectivity index (χ1n) is 9.85. The molecular formula is C21H34FN5O2. The largest absolute Gasteiger partial charge is 0.481 e. The maximum absolute atomic E-state index is 13.7. The van der Waals surface area contributed by atoms with Gasteiger partial charge in [-0.1, -0.05) is 32.1 Å². The highest BCUT2D eigenvalue weighted by molar-refractivity contribution is 5.84. The lowest BCUT2D eigenvalue weighted by Gasteiger charge is -2.18. The molecule has 0 aliphatic heterocycles. The van der Waals surface area contributed by atoms with E-state index in [1.807, 2.05) is 38.4 Å². The predicted octanol–water partition coefficient (Wildman–Crippen LogP) is 2.89. The highest BCUT2D eigenvalue weighted by atomic mass is 19.1. The van der Waals surface area contributed by atoms with E-state index in [0.717, 1.165) is 36.0 Å². The summed E-state index contributed by atoms with van der Waals surface area (Å²) in [6.45, 7) is 5.83. The van der Waals surface area contributed by atoms with Crippen LogP contribution in [0.3, 0.4) is 0 Å². The van der Waals surface area contributed by atoms with E-state index in [1.54, 1.807) is 6.07 Å². The normalized spacial score (nSPS) is 17.8. The second-order valence-corrected chi connectivity index (χ2v) is 7.85. The van der Waals surface area contributed by atoms with E-state index in [4.69, 9.17) is 22.4 Å². The number of carboxylic acids is 1. The number of hydrogen-bond donors (Lipinski definition) is 5. The van der Waals surface area contributed by atoms with Gasteiger partial charge in [0.1, 0.15) is 11.7 Å². The van der Waals surface area contributed by atoms with E-state index in [1.165, 1.54) is 0 Å². The predicted molar refractivity (Wildman–Crippen MR) is 115 cm³/mol. The number of benzene rings is 1. The Labute approximate surface area is 172 Å². The van der Waals surface area contributed by atoms with Crippen molar-refractivity contribution in [3.8, 4) is 0 Å². The maximum Gasteiger partial charge on any atom is 0.306 e. The fraction of sp³-hybridized carbons (Fsp3) is 0.524. The van der Waals surface area contributed by atoms with Crippen LogP contribution in [0.5, 0.6) is 0 Å². The third kappa shape index (κ3) is 9.06. The smallest absolute Gasteiger partial charge is 0.306 e. The second-order valence-electron chi connectivity index (χ2n) is 7.85. The Morgan fingerprint density at radius 1 is 1.41 bits per heavy atom. The van der Waals surface area contributed by atoms with Gasteiger partial charge in [-0.05, 0) is 55.7 Å².